The monoisotopic (exact) mass is 847 g/mol. The Morgan fingerprint density at radius 3 is 1.86 bits per heavy atom. The molecular formula is C46H74NO11P. The number of allylic oxidation sites excluding steroid dienone is 15. The maximum Gasteiger partial charge on any atom is 0.306 e. The van der Waals surface area contributed by atoms with Crippen molar-refractivity contribution in [3.05, 3.63) is 109 Å². The Morgan fingerprint density at radius 2 is 1.24 bits per heavy atom. The largest absolute Gasteiger partial charge is 0.756 e. The van der Waals surface area contributed by atoms with Crippen LogP contribution in [0, 0.1) is 0 Å². The van der Waals surface area contributed by atoms with Crippen LogP contribution in [0.15, 0.2) is 109 Å². The smallest absolute Gasteiger partial charge is 0.306 e. The summed E-state index contributed by atoms with van der Waals surface area (Å²) < 4.78 is 33.5. The third-order valence-electron chi connectivity index (χ3n) is 8.13. The minimum absolute atomic E-state index is 0.0811. The summed E-state index contributed by atoms with van der Waals surface area (Å²) in [5.74, 6) is -1.23. The van der Waals surface area contributed by atoms with E-state index >= 15 is 0 Å². The Labute approximate surface area is 354 Å². The number of carbonyl (C=O) groups excluding carboxylic acids is 2. The molecule has 0 rings (SSSR count). The van der Waals surface area contributed by atoms with Gasteiger partial charge >= 0.3 is 11.9 Å². The standard InChI is InChI=1S/C46H74NO11P/c1-6-8-10-11-12-13-14-15-16-17-18-19-20-25-29-35-45(51)55-39-42(40-57-59(53,54)56-38-37-47(3,4)5)58-46(52)36-30-34-44(50)43(49)33-28-24-22-21-23-27-32-41(48)31-26-9-7-2/h8-10,12-13,15-16,18-19,21-24,26-28,32-33,41-44,48-50H,6-7,11,14,17,20,25,29-31,34-40H2,1-5H3/b10-8-,13-12-,16-15-,19-18-,23-21+,24-22-,26-9-,32-27+,33-28-/t41-,42+,43+,44+/m0/s1. The number of hydrogen-bond donors (Lipinski definition) is 3. The molecule has 0 radical (unpaired) electrons. The zero-order chi connectivity index (χ0) is 44.0. The summed E-state index contributed by atoms with van der Waals surface area (Å²) in [6.45, 7) is 3.42. The second-order valence-electron chi connectivity index (χ2n) is 14.8. The number of phosphoric acid groups is 1. The summed E-state index contributed by atoms with van der Waals surface area (Å²) in [7, 11) is 0.899. The molecule has 3 N–H and O–H groups in total. The van der Waals surface area contributed by atoms with E-state index in [4.69, 9.17) is 18.5 Å². The zero-order valence-corrected chi connectivity index (χ0v) is 37.1. The third-order valence-corrected chi connectivity index (χ3v) is 9.10. The fraction of sp³-hybridized carbons (Fsp3) is 0.565. The van der Waals surface area contributed by atoms with Gasteiger partial charge in [-0.1, -0.05) is 123 Å². The first-order chi connectivity index (χ1) is 28.2. The molecule has 0 fully saturated rings. The molecule has 0 aromatic heterocycles. The van der Waals surface area contributed by atoms with Gasteiger partial charge in [-0.05, 0) is 70.6 Å². The van der Waals surface area contributed by atoms with E-state index in [2.05, 4.69) is 55.5 Å². The first-order valence-electron chi connectivity index (χ1n) is 20.9. The van der Waals surface area contributed by atoms with E-state index in [1.807, 2.05) is 40.2 Å². The molecular weight excluding hydrogens is 773 g/mol. The van der Waals surface area contributed by atoms with Crippen molar-refractivity contribution in [1.82, 2.24) is 0 Å². The van der Waals surface area contributed by atoms with Crippen LogP contribution in [0.25, 0.3) is 0 Å². The normalized spacial score (nSPS) is 16.3. The number of phosphoric ester groups is 1. The molecule has 334 valence electrons. The summed E-state index contributed by atoms with van der Waals surface area (Å²) in [6.07, 6.45) is 37.9. The van der Waals surface area contributed by atoms with Crippen molar-refractivity contribution >= 4 is 19.8 Å². The summed E-state index contributed by atoms with van der Waals surface area (Å²) >= 11 is 0. The van der Waals surface area contributed by atoms with Gasteiger partial charge in [0.05, 0.1) is 46.1 Å². The van der Waals surface area contributed by atoms with Gasteiger partial charge in [0.1, 0.15) is 19.8 Å². The van der Waals surface area contributed by atoms with Crippen LogP contribution in [0.5, 0.6) is 0 Å². The van der Waals surface area contributed by atoms with Gasteiger partial charge in [-0.15, -0.1) is 0 Å². The molecule has 59 heavy (non-hydrogen) atoms. The average Bonchev–Trinajstić information content (AvgIpc) is 3.17. The molecule has 1 unspecified atom stereocenters. The van der Waals surface area contributed by atoms with Gasteiger partial charge in [0, 0.05) is 12.8 Å². The second-order valence-corrected chi connectivity index (χ2v) is 16.2. The molecule has 12 nitrogen and oxygen atoms in total. The highest BCUT2D eigenvalue weighted by Crippen LogP contribution is 2.38. The number of rotatable bonds is 35. The van der Waals surface area contributed by atoms with E-state index < -0.39 is 57.4 Å². The molecule has 0 saturated heterocycles. The minimum atomic E-state index is -4.74. The van der Waals surface area contributed by atoms with Gasteiger partial charge in [0.25, 0.3) is 7.82 Å². The molecule has 0 aliphatic heterocycles. The second kappa shape index (κ2) is 36.4. The van der Waals surface area contributed by atoms with E-state index in [0.717, 1.165) is 44.9 Å². The van der Waals surface area contributed by atoms with Crippen LogP contribution in [0.2, 0.25) is 0 Å². The lowest BCUT2D eigenvalue weighted by Crippen LogP contribution is -2.37. The predicted octanol–water partition coefficient (Wildman–Crippen LogP) is 7.85. The lowest BCUT2D eigenvalue weighted by atomic mass is 10.1. The first-order valence-corrected chi connectivity index (χ1v) is 22.4. The predicted molar refractivity (Wildman–Crippen MR) is 235 cm³/mol. The molecule has 13 heteroatoms. The van der Waals surface area contributed by atoms with E-state index in [9.17, 15) is 34.4 Å². The number of carbonyl (C=O) groups is 2. The van der Waals surface area contributed by atoms with Crippen LogP contribution in [0.4, 0.5) is 0 Å². The summed E-state index contributed by atoms with van der Waals surface area (Å²) in [4.78, 5) is 37.5. The lowest BCUT2D eigenvalue weighted by molar-refractivity contribution is -0.870. The lowest BCUT2D eigenvalue weighted by Gasteiger charge is -2.28. The summed E-state index contributed by atoms with van der Waals surface area (Å²) in [5, 5.41) is 30.5. The van der Waals surface area contributed by atoms with Crippen LogP contribution in [0.3, 0.4) is 0 Å². The van der Waals surface area contributed by atoms with Crippen molar-refractivity contribution in [2.45, 2.75) is 122 Å². The highest BCUT2D eigenvalue weighted by atomic mass is 31.2. The molecule has 0 aliphatic rings. The maximum atomic E-state index is 12.7. The number of esters is 2. The summed E-state index contributed by atoms with van der Waals surface area (Å²) in [6, 6.07) is 0. The molecule has 0 saturated carbocycles. The highest BCUT2D eigenvalue weighted by molar-refractivity contribution is 7.45. The Kier molecular flexibility index (Phi) is 34.3. The van der Waals surface area contributed by atoms with Crippen LogP contribution < -0.4 is 4.89 Å². The van der Waals surface area contributed by atoms with Crippen molar-refractivity contribution in [2.24, 2.45) is 0 Å². The summed E-state index contributed by atoms with van der Waals surface area (Å²) in [5.41, 5.74) is 0. The fourth-order valence-corrected chi connectivity index (χ4v) is 5.48. The number of hydrogen-bond acceptors (Lipinski definition) is 11. The Bertz CT molecular complexity index is 1420. The molecule has 0 aromatic carbocycles. The van der Waals surface area contributed by atoms with Crippen LogP contribution in [-0.2, 0) is 32.7 Å². The molecule has 0 aliphatic carbocycles. The molecule has 5 atom stereocenters. The molecule has 0 bridgehead atoms. The first kappa shape index (κ1) is 55.5. The van der Waals surface area contributed by atoms with Crippen molar-refractivity contribution < 1.29 is 57.4 Å². The average molecular weight is 848 g/mol. The zero-order valence-electron chi connectivity index (χ0n) is 36.2. The van der Waals surface area contributed by atoms with Crippen molar-refractivity contribution in [2.75, 3.05) is 47.5 Å². The topological polar surface area (TPSA) is 172 Å². The van der Waals surface area contributed by atoms with Gasteiger partial charge in [0.15, 0.2) is 6.10 Å². The van der Waals surface area contributed by atoms with Gasteiger partial charge in [-0.25, -0.2) is 0 Å². The quantitative estimate of drug-likeness (QED) is 0.0142. The number of unbranched alkanes of at least 4 members (excludes halogenated alkanes) is 2. The van der Waals surface area contributed by atoms with Crippen LogP contribution in [0.1, 0.15) is 97.3 Å². The van der Waals surface area contributed by atoms with Gasteiger partial charge < -0.3 is 43.2 Å². The van der Waals surface area contributed by atoms with E-state index in [1.54, 1.807) is 42.5 Å². The number of quaternary nitrogens is 1. The van der Waals surface area contributed by atoms with Crippen LogP contribution >= 0.6 is 7.82 Å². The van der Waals surface area contributed by atoms with Crippen molar-refractivity contribution in [3.63, 3.8) is 0 Å². The van der Waals surface area contributed by atoms with E-state index in [0.29, 0.717) is 23.9 Å². The Hall–Kier alpha value is -3.45. The number of aliphatic hydroxyl groups is 3. The van der Waals surface area contributed by atoms with Gasteiger partial charge in [-0.2, -0.15) is 0 Å². The van der Waals surface area contributed by atoms with E-state index in [1.165, 1.54) is 6.08 Å². The number of nitrogens with zero attached hydrogens (tertiary/aromatic N) is 1. The number of likely N-dealkylation sites (N-methyl/N-ethyl adjacent to an activating group) is 1. The highest BCUT2D eigenvalue weighted by Gasteiger charge is 2.22. The number of ether oxygens (including phenoxy) is 2. The van der Waals surface area contributed by atoms with Gasteiger partial charge in [0.2, 0.25) is 0 Å². The molecule has 0 aromatic rings. The van der Waals surface area contributed by atoms with Crippen molar-refractivity contribution in [3.8, 4) is 0 Å². The molecule has 0 amide bonds. The molecule has 0 spiro atoms. The third kappa shape index (κ3) is 38.5. The minimum Gasteiger partial charge on any atom is -0.756 e. The van der Waals surface area contributed by atoms with E-state index in [-0.39, 0.29) is 32.3 Å². The van der Waals surface area contributed by atoms with Crippen molar-refractivity contribution in [1.29, 1.82) is 0 Å². The fourth-order valence-electron chi connectivity index (χ4n) is 4.75. The Morgan fingerprint density at radius 1 is 0.678 bits per heavy atom. The molecule has 0 heterocycles. The Balaban J connectivity index is 4.83. The number of aliphatic hydroxyl groups excluding tert-OH is 3. The van der Waals surface area contributed by atoms with Gasteiger partial charge in [-0.3, -0.25) is 14.2 Å². The maximum absolute atomic E-state index is 12.7. The SMILES string of the molecule is CC/C=C\C/C=C\C/C=C\C/C=C\CCCCC(=O)OC[C@H](COP(=O)([O-])OCC[N+](C)(C)C)OC(=O)CCC[C@@H](O)[C@H](O)\C=C/C=C\C=C\C=C\[C@@H](O)C/C=C\CC. The van der Waals surface area contributed by atoms with Crippen LogP contribution in [-0.4, -0.2) is 104 Å².